The van der Waals surface area contributed by atoms with Crippen LogP contribution in [0, 0.1) is 11.3 Å². The van der Waals surface area contributed by atoms with Crippen LogP contribution in [0.1, 0.15) is 12.6 Å². The van der Waals surface area contributed by atoms with Gasteiger partial charge >= 0.3 is 5.97 Å². The number of nitrogens with zero attached hydrogens (tertiary/aromatic N) is 2. The number of carbonyl (C=O) groups is 1. The predicted molar refractivity (Wildman–Crippen MR) is 54.9 cm³/mol. The molecule has 1 aromatic rings. The van der Waals surface area contributed by atoms with Gasteiger partial charge in [0.1, 0.15) is 11.8 Å². The molecular formula is C11H12N2O2. The lowest BCUT2D eigenvalue weighted by Gasteiger charge is -2.01. The summed E-state index contributed by atoms with van der Waals surface area (Å²) in [6, 6.07) is 5.58. The van der Waals surface area contributed by atoms with Gasteiger partial charge in [-0.05, 0) is 19.1 Å². The average Bonchev–Trinajstić information content (AvgIpc) is 2.71. The number of allylic oxidation sites excluding steroid dienone is 1. The highest BCUT2D eigenvalue weighted by molar-refractivity contribution is 5.87. The highest BCUT2D eigenvalue weighted by Crippen LogP contribution is 2.03. The van der Waals surface area contributed by atoms with E-state index < -0.39 is 0 Å². The summed E-state index contributed by atoms with van der Waals surface area (Å²) in [5.74, 6) is -0.347. The Balaban J connectivity index is 2.73. The Morgan fingerprint density at radius 3 is 3.07 bits per heavy atom. The third-order valence-electron chi connectivity index (χ3n) is 2.05. The van der Waals surface area contributed by atoms with E-state index in [1.54, 1.807) is 35.9 Å². The maximum Gasteiger partial charge on any atom is 0.333 e. The largest absolute Gasteiger partial charge is 0.466 e. The third-order valence-corrected chi connectivity index (χ3v) is 2.05. The molecule has 0 spiro atoms. The molecule has 0 radical (unpaired) electrons. The monoisotopic (exact) mass is 204 g/mol. The summed E-state index contributed by atoms with van der Waals surface area (Å²) in [6.45, 7) is 2.18. The molecule has 4 nitrogen and oxygen atoms in total. The van der Waals surface area contributed by atoms with Crippen molar-refractivity contribution in [3.8, 4) is 6.07 Å². The minimum atomic E-state index is -0.347. The van der Waals surface area contributed by atoms with E-state index >= 15 is 0 Å². The van der Waals surface area contributed by atoms with Gasteiger partial charge in [-0.1, -0.05) is 6.08 Å². The van der Waals surface area contributed by atoms with Crippen LogP contribution in [0.5, 0.6) is 0 Å². The summed E-state index contributed by atoms with van der Waals surface area (Å²) in [5.41, 5.74) is 1.11. The van der Waals surface area contributed by atoms with E-state index in [4.69, 9.17) is 5.26 Å². The summed E-state index contributed by atoms with van der Waals surface area (Å²) in [4.78, 5) is 11.1. The Morgan fingerprint density at radius 1 is 1.73 bits per heavy atom. The molecule has 0 atom stereocenters. The van der Waals surface area contributed by atoms with Gasteiger partial charge in [-0.25, -0.2) is 4.79 Å². The van der Waals surface area contributed by atoms with Crippen LogP contribution in [0.2, 0.25) is 0 Å². The fraction of sp³-hybridized carbons (Fsp3) is 0.273. The van der Waals surface area contributed by atoms with Gasteiger partial charge in [0, 0.05) is 18.3 Å². The molecule has 0 aromatic carbocycles. The van der Waals surface area contributed by atoms with Crippen molar-refractivity contribution < 1.29 is 9.53 Å². The first-order valence-electron chi connectivity index (χ1n) is 4.49. The van der Waals surface area contributed by atoms with Crippen LogP contribution in [0.3, 0.4) is 0 Å². The zero-order valence-corrected chi connectivity index (χ0v) is 8.73. The molecule has 0 unspecified atom stereocenters. The summed E-state index contributed by atoms with van der Waals surface area (Å²) in [6.07, 6.45) is 3.52. The van der Waals surface area contributed by atoms with Crippen molar-refractivity contribution in [2.45, 2.75) is 13.5 Å². The maximum absolute atomic E-state index is 11.1. The fourth-order valence-corrected chi connectivity index (χ4v) is 1.15. The van der Waals surface area contributed by atoms with Gasteiger partial charge in [0.05, 0.1) is 7.11 Å². The molecule has 78 valence electrons. The standard InChI is InChI=1S/C11H12N2O2/c1-9(11(14)15-2)5-7-13-6-3-4-10(13)8-12/h3-6H,7H2,1-2H3/b9-5+. The molecular weight excluding hydrogens is 192 g/mol. The van der Waals surface area contributed by atoms with E-state index in [1.807, 2.05) is 0 Å². The molecule has 0 amide bonds. The van der Waals surface area contributed by atoms with Crippen LogP contribution in [0.15, 0.2) is 30.0 Å². The molecule has 0 saturated heterocycles. The highest BCUT2D eigenvalue weighted by Gasteiger charge is 2.03. The molecule has 4 heteroatoms. The van der Waals surface area contributed by atoms with Gasteiger partial charge < -0.3 is 9.30 Å². The highest BCUT2D eigenvalue weighted by atomic mass is 16.5. The van der Waals surface area contributed by atoms with Crippen LogP contribution in [-0.2, 0) is 16.1 Å². The lowest BCUT2D eigenvalue weighted by atomic mass is 10.3. The number of rotatable bonds is 3. The minimum absolute atomic E-state index is 0.347. The third kappa shape index (κ3) is 2.71. The molecule has 0 N–H and O–H groups in total. The Kier molecular flexibility index (Phi) is 3.69. The van der Waals surface area contributed by atoms with Crippen molar-refractivity contribution in [1.82, 2.24) is 4.57 Å². The van der Waals surface area contributed by atoms with E-state index in [0.717, 1.165) is 0 Å². The second-order valence-corrected chi connectivity index (χ2v) is 3.04. The Morgan fingerprint density at radius 2 is 2.47 bits per heavy atom. The van der Waals surface area contributed by atoms with Crippen molar-refractivity contribution >= 4 is 5.97 Å². The van der Waals surface area contributed by atoms with Crippen molar-refractivity contribution in [3.05, 3.63) is 35.7 Å². The maximum atomic E-state index is 11.1. The first-order chi connectivity index (χ1) is 7.19. The van der Waals surface area contributed by atoms with E-state index in [9.17, 15) is 4.79 Å². The summed E-state index contributed by atoms with van der Waals surface area (Å²) in [7, 11) is 1.34. The molecule has 0 bridgehead atoms. The average molecular weight is 204 g/mol. The predicted octanol–water partition coefficient (Wildman–Crippen LogP) is 1.48. The van der Waals surface area contributed by atoms with Gasteiger partial charge in [0.2, 0.25) is 0 Å². The van der Waals surface area contributed by atoms with E-state index in [2.05, 4.69) is 10.8 Å². The molecule has 0 aliphatic rings. The SMILES string of the molecule is COC(=O)/C(C)=C/Cn1cccc1C#N. The number of hydrogen-bond acceptors (Lipinski definition) is 3. The fourth-order valence-electron chi connectivity index (χ4n) is 1.15. The second-order valence-electron chi connectivity index (χ2n) is 3.04. The molecule has 1 aromatic heterocycles. The lowest BCUT2D eigenvalue weighted by molar-refractivity contribution is -0.136. The molecule has 15 heavy (non-hydrogen) atoms. The van der Waals surface area contributed by atoms with Gasteiger partial charge in [0.25, 0.3) is 0 Å². The first-order valence-corrected chi connectivity index (χ1v) is 4.49. The van der Waals surface area contributed by atoms with Gasteiger partial charge in [-0.2, -0.15) is 5.26 Å². The van der Waals surface area contributed by atoms with Crippen LogP contribution < -0.4 is 0 Å². The number of methoxy groups -OCH3 is 1. The van der Waals surface area contributed by atoms with Crippen LogP contribution in [-0.4, -0.2) is 17.6 Å². The van der Waals surface area contributed by atoms with Crippen molar-refractivity contribution in [2.24, 2.45) is 0 Å². The van der Waals surface area contributed by atoms with Gasteiger partial charge in [0.15, 0.2) is 0 Å². The topological polar surface area (TPSA) is 55.0 Å². The van der Waals surface area contributed by atoms with Gasteiger partial charge in [-0.15, -0.1) is 0 Å². The Labute approximate surface area is 88.4 Å². The molecule has 0 aliphatic carbocycles. The number of carbonyl (C=O) groups excluding carboxylic acids is 1. The number of nitriles is 1. The molecule has 0 fully saturated rings. The summed E-state index contributed by atoms with van der Waals surface area (Å²) >= 11 is 0. The second kappa shape index (κ2) is 5.01. The zero-order valence-electron chi connectivity index (χ0n) is 8.73. The Hall–Kier alpha value is -2.02. The zero-order chi connectivity index (χ0) is 11.3. The Bertz CT molecular complexity index is 424. The smallest absolute Gasteiger partial charge is 0.333 e. The molecule has 1 heterocycles. The number of aromatic nitrogens is 1. The van der Waals surface area contributed by atoms with E-state index in [0.29, 0.717) is 17.8 Å². The summed E-state index contributed by atoms with van der Waals surface area (Å²) < 4.78 is 6.31. The van der Waals surface area contributed by atoms with Gasteiger partial charge in [-0.3, -0.25) is 0 Å². The lowest BCUT2D eigenvalue weighted by Crippen LogP contribution is -2.04. The van der Waals surface area contributed by atoms with Crippen LogP contribution in [0.25, 0.3) is 0 Å². The van der Waals surface area contributed by atoms with E-state index in [-0.39, 0.29) is 5.97 Å². The molecule has 1 rings (SSSR count). The van der Waals surface area contributed by atoms with E-state index in [1.165, 1.54) is 7.11 Å². The molecule has 0 saturated carbocycles. The summed E-state index contributed by atoms with van der Waals surface area (Å²) in [5, 5.41) is 8.74. The molecule has 0 aliphatic heterocycles. The number of ether oxygens (including phenoxy) is 1. The van der Waals surface area contributed by atoms with Crippen LogP contribution >= 0.6 is 0 Å². The van der Waals surface area contributed by atoms with Crippen molar-refractivity contribution in [1.29, 1.82) is 5.26 Å². The number of esters is 1. The first kappa shape index (κ1) is 11.1. The normalized spacial score (nSPS) is 10.9. The quantitative estimate of drug-likeness (QED) is 0.553. The van der Waals surface area contributed by atoms with Crippen molar-refractivity contribution in [2.75, 3.05) is 7.11 Å². The van der Waals surface area contributed by atoms with Crippen molar-refractivity contribution in [3.63, 3.8) is 0 Å². The van der Waals surface area contributed by atoms with Crippen LogP contribution in [0.4, 0.5) is 0 Å². The minimum Gasteiger partial charge on any atom is -0.466 e. The number of hydrogen-bond donors (Lipinski definition) is 0.